The van der Waals surface area contributed by atoms with Crippen molar-refractivity contribution < 1.29 is 18.8 Å². The maximum Gasteiger partial charge on any atom is 0.317 e. The summed E-state index contributed by atoms with van der Waals surface area (Å²) in [5.74, 6) is 2.01. The number of benzene rings is 1. The van der Waals surface area contributed by atoms with Gasteiger partial charge < -0.3 is 24.2 Å². The summed E-state index contributed by atoms with van der Waals surface area (Å²) in [5, 5.41) is 6.82. The lowest BCUT2D eigenvalue weighted by atomic mass is 10.2. The van der Waals surface area contributed by atoms with Gasteiger partial charge in [-0.15, -0.1) is 0 Å². The first-order valence-electron chi connectivity index (χ1n) is 8.20. The lowest BCUT2D eigenvalue weighted by Gasteiger charge is -2.19. The van der Waals surface area contributed by atoms with Crippen molar-refractivity contribution in [1.29, 1.82) is 0 Å². The first kappa shape index (κ1) is 18.6. The highest BCUT2D eigenvalue weighted by Crippen LogP contribution is 2.31. The number of carbonyl (C=O) groups excluding carboxylic acids is 1. The first-order valence-corrected chi connectivity index (χ1v) is 8.20. The third kappa shape index (κ3) is 4.62. The Morgan fingerprint density at radius 1 is 1.24 bits per heavy atom. The molecule has 0 aliphatic heterocycles. The summed E-state index contributed by atoms with van der Waals surface area (Å²) < 4.78 is 15.8. The normalized spacial score (nSPS) is 10.4. The predicted molar refractivity (Wildman–Crippen MR) is 92.6 cm³/mol. The van der Waals surface area contributed by atoms with E-state index in [0.29, 0.717) is 36.3 Å². The number of rotatable bonds is 8. The molecule has 0 bridgehead atoms. The fourth-order valence-corrected chi connectivity index (χ4v) is 2.25. The zero-order valence-corrected chi connectivity index (χ0v) is 15.0. The molecule has 1 N–H and O–H groups in total. The van der Waals surface area contributed by atoms with E-state index in [1.54, 1.807) is 31.3 Å². The Bertz CT molecular complexity index is 702. The highest BCUT2D eigenvalue weighted by Gasteiger charge is 2.17. The monoisotopic (exact) mass is 348 g/mol. The second-order valence-electron chi connectivity index (χ2n) is 5.33. The summed E-state index contributed by atoms with van der Waals surface area (Å²) in [6, 6.07) is 5.23. The van der Waals surface area contributed by atoms with Gasteiger partial charge in [0.25, 0.3) is 0 Å². The molecule has 1 aromatic carbocycles. The van der Waals surface area contributed by atoms with Crippen LogP contribution >= 0.6 is 0 Å². The van der Waals surface area contributed by atoms with Crippen molar-refractivity contribution in [2.24, 2.45) is 0 Å². The third-order valence-electron chi connectivity index (χ3n) is 3.63. The molecule has 0 unspecified atom stereocenters. The number of urea groups is 1. The van der Waals surface area contributed by atoms with Crippen LogP contribution in [0.25, 0.3) is 11.4 Å². The molecule has 0 aliphatic carbocycles. The standard InChI is InChI=1S/C17H24N4O4/c1-5-9-18-17(22)21(6-2)11-15-19-16(20-25-15)12-7-8-13(23-3)14(10-12)24-4/h7-8,10H,5-6,9,11H2,1-4H3,(H,18,22). The molecule has 2 aromatic rings. The number of ether oxygens (including phenoxy) is 2. The SMILES string of the molecule is CCCNC(=O)N(CC)Cc1nc(-c2ccc(OC)c(OC)c2)no1. The Morgan fingerprint density at radius 2 is 2.00 bits per heavy atom. The van der Waals surface area contributed by atoms with Crippen molar-refractivity contribution in [3.63, 3.8) is 0 Å². The van der Waals surface area contributed by atoms with E-state index in [4.69, 9.17) is 14.0 Å². The van der Waals surface area contributed by atoms with Crippen LogP contribution in [-0.4, -0.2) is 48.4 Å². The fourth-order valence-electron chi connectivity index (χ4n) is 2.25. The molecule has 1 aromatic heterocycles. The van der Waals surface area contributed by atoms with Gasteiger partial charge >= 0.3 is 6.03 Å². The lowest BCUT2D eigenvalue weighted by Crippen LogP contribution is -2.39. The molecule has 25 heavy (non-hydrogen) atoms. The molecular weight excluding hydrogens is 324 g/mol. The number of hydrogen-bond acceptors (Lipinski definition) is 6. The Hall–Kier alpha value is -2.77. The van der Waals surface area contributed by atoms with Crippen LogP contribution in [0.4, 0.5) is 4.79 Å². The van der Waals surface area contributed by atoms with E-state index >= 15 is 0 Å². The van der Waals surface area contributed by atoms with Gasteiger partial charge in [0.05, 0.1) is 14.2 Å². The Balaban J connectivity index is 2.12. The highest BCUT2D eigenvalue weighted by molar-refractivity contribution is 5.74. The molecule has 2 amide bonds. The average Bonchev–Trinajstić information content (AvgIpc) is 3.12. The summed E-state index contributed by atoms with van der Waals surface area (Å²) in [5.41, 5.74) is 0.742. The lowest BCUT2D eigenvalue weighted by molar-refractivity contribution is 0.189. The van der Waals surface area contributed by atoms with Crippen LogP contribution < -0.4 is 14.8 Å². The van der Waals surface area contributed by atoms with Gasteiger partial charge in [0.2, 0.25) is 11.7 Å². The molecule has 0 spiro atoms. The molecule has 0 saturated carbocycles. The van der Waals surface area contributed by atoms with E-state index in [1.807, 2.05) is 19.9 Å². The summed E-state index contributed by atoms with van der Waals surface area (Å²) in [7, 11) is 3.14. The first-order chi connectivity index (χ1) is 12.1. The molecule has 0 aliphatic rings. The van der Waals surface area contributed by atoms with Crippen molar-refractivity contribution in [3.8, 4) is 22.9 Å². The van der Waals surface area contributed by atoms with E-state index in [1.165, 1.54) is 0 Å². The van der Waals surface area contributed by atoms with E-state index < -0.39 is 0 Å². The van der Waals surface area contributed by atoms with Crippen molar-refractivity contribution in [2.45, 2.75) is 26.8 Å². The van der Waals surface area contributed by atoms with Crippen molar-refractivity contribution in [1.82, 2.24) is 20.4 Å². The summed E-state index contributed by atoms with van der Waals surface area (Å²) in [6.45, 7) is 5.34. The van der Waals surface area contributed by atoms with E-state index in [2.05, 4.69) is 15.5 Å². The zero-order chi connectivity index (χ0) is 18.2. The largest absolute Gasteiger partial charge is 0.493 e. The molecular formula is C17H24N4O4. The van der Waals surface area contributed by atoms with Gasteiger partial charge in [0, 0.05) is 18.7 Å². The van der Waals surface area contributed by atoms with Crippen LogP contribution in [0.1, 0.15) is 26.2 Å². The number of hydrogen-bond donors (Lipinski definition) is 1. The van der Waals surface area contributed by atoms with Crippen LogP contribution in [0.3, 0.4) is 0 Å². The molecule has 2 rings (SSSR count). The molecule has 1 heterocycles. The van der Waals surface area contributed by atoms with Crippen LogP contribution in [0.15, 0.2) is 22.7 Å². The van der Waals surface area contributed by atoms with Gasteiger partial charge in [0.15, 0.2) is 11.5 Å². The van der Waals surface area contributed by atoms with E-state index in [-0.39, 0.29) is 12.6 Å². The number of nitrogens with zero attached hydrogens (tertiary/aromatic N) is 3. The van der Waals surface area contributed by atoms with Crippen LogP contribution in [0.5, 0.6) is 11.5 Å². The quantitative estimate of drug-likeness (QED) is 0.789. The topological polar surface area (TPSA) is 89.7 Å². The molecule has 0 atom stereocenters. The van der Waals surface area contributed by atoms with Gasteiger partial charge in [0.1, 0.15) is 6.54 Å². The van der Waals surface area contributed by atoms with Crippen LogP contribution in [-0.2, 0) is 6.54 Å². The van der Waals surface area contributed by atoms with Gasteiger partial charge in [-0.3, -0.25) is 0 Å². The molecule has 8 heteroatoms. The number of aromatic nitrogens is 2. The zero-order valence-electron chi connectivity index (χ0n) is 15.0. The predicted octanol–water partition coefficient (Wildman–Crippen LogP) is 2.70. The summed E-state index contributed by atoms with van der Waals surface area (Å²) in [4.78, 5) is 18.0. The molecule has 0 radical (unpaired) electrons. The summed E-state index contributed by atoms with van der Waals surface area (Å²) in [6.07, 6.45) is 0.882. The van der Waals surface area contributed by atoms with E-state index in [9.17, 15) is 4.79 Å². The highest BCUT2D eigenvalue weighted by atomic mass is 16.5. The van der Waals surface area contributed by atoms with Gasteiger partial charge in [-0.2, -0.15) is 4.98 Å². The Labute approximate surface area is 147 Å². The molecule has 136 valence electrons. The van der Waals surface area contributed by atoms with Crippen LogP contribution in [0, 0.1) is 0 Å². The fraction of sp³-hybridized carbons (Fsp3) is 0.471. The second kappa shape index (κ2) is 8.91. The Morgan fingerprint density at radius 3 is 2.64 bits per heavy atom. The maximum absolute atomic E-state index is 12.1. The number of carbonyl (C=O) groups is 1. The van der Waals surface area contributed by atoms with Gasteiger partial charge in [-0.25, -0.2) is 4.79 Å². The number of amides is 2. The third-order valence-corrected chi connectivity index (χ3v) is 3.63. The minimum atomic E-state index is -0.143. The average molecular weight is 348 g/mol. The van der Waals surface area contributed by atoms with Crippen molar-refractivity contribution in [3.05, 3.63) is 24.1 Å². The van der Waals surface area contributed by atoms with E-state index in [0.717, 1.165) is 12.0 Å². The Kier molecular flexibility index (Phi) is 6.62. The molecule has 0 fully saturated rings. The summed E-state index contributed by atoms with van der Waals surface area (Å²) >= 11 is 0. The molecule has 0 saturated heterocycles. The van der Waals surface area contributed by atoms with Gasteiger partial charge in [-0.1, -0.05) is 12.1 Å². The molecule has 8 nitrogen and oxygen atoms in total. The minimum absolute atomic E-state index is 0.143. The second-order valence-corrected chi connectivity index (χ2v) is 5.33. The van der Waals surface area contributed by atoms with Gasteiger partial charge in [-0.05, 0) is 31.5 Å². The maximum atomic E-state index is 12.1. The number of nitrogens with one attached hydrogen (secondary N) is 1. The number of methoxy groups -OCH3 is 2. The van der Waals surface area contributed by atoms with Crippen molar-refractivity contribution >= 4 is 6.03 Å². The minimum Gasteiger partial charge on any atom is -0.493 e. The van der Waals surface area contributed by atoms with Crippen LogP contribution in [0.2, 0.25) is 0 Å². The van der Waals surface area contributed by atoms with Crippen molar-refractivity contribution in [2.75, 3.05) is 27.3 Å². The smallest absolute Gasteiger partial charge is 0.317 e.